The average Bonchev–Trinajstić information content (AvgIpc) is 3.03. The summed E-state index contributed by atoms with van der Waals surface area (Å²) in [4.78, 5) is 15.6. The summed E-state index contributed by atoms with van der Waals surface area (Å²) in [5, 5.41) is 21.0. The second-order valence-corrected chi connectivity index (χ2v) is 5.29. The molecule has 3 aromatic rings. The van der Waals surface area contributed by atoms with Gasteiger partial charge >= 0.3 is 0 Å². The summed E-state index contributed by atoms with van der Waals surface area (Å²) < 4.78 is 7.55. The molecule has 0 radical (unpaired) electrons. The third-order valence-electron chi connectivity index (χ3n) is 3.64. The Balaban J connectivity index is 1.87. The van der Waals surface area contributed by atoms with Crippen molar-refractivity contribution >= 4 is 17.4 Å². The van der Waals surface area contributed by atoms with E-state index in [-0.39, 0.29) is 13.2 Å². The standard InChI is InChI=1S/C17H18N4O4/c22-10-13-16(18-9-15(23)20-24)19-17-14(7-4-8-21(13)17)25-11-12-5-2-1-3-6-12/h1-8,18,22,24H,9-11H2,(H,20,23). The van der Waals surface area contributed by atoms with Gasteiger partial charge in [0.2, 0.25) is 0 Å². The molecule has 8 heteroatoms. The Morgan fingerprint density at radius 2 is 2.00 bits per heavy atom. The molecule has 130 valence electrons. The maximum absolute atomic E-state index is 11.2. The fourth-order valence-corrected chi connectivity index (χ4v) is 2.44. The number of rotatable bonds is 7. The maximum Gasteiger partial charge on any atom is 0.262 e. The van der Waals surface area contributed by atoms with Gasteiger partial charge in [-0.15, -0.1) is 0 Å². The van der Waals surface area contributed by atoms with Gasteiger partial charge in [0, 0.05) is 6.20 Å². The van der Waals surface area contributed by atoms with E-state index in [1.54, 1.807) is 22.7 Å². The number of carbonyl (C=O) groups excluding carboxylic acids is 1. The minimum absolute atomic E-state index is 0.173. The predicted octanol–water partition coefficient (Wildman–Crippen LogP) is 1.32. The number of amides is 1. The molecule has 1 aromatic carbocycles. The van der Waals surface area contributed by atoms with Gasteiger partial charge in [-0.25, -0.2) is 10.5 Å². The Bertz CT molecular complexity index is 864. The van der Waals surface area contributed by atoms with Crippen LogP contribution in [0, 0.1) is 0 Å². The molecule has 0 saturated heterocycles. The number of anilines is 1. The number of aromatic nitrogens is 2. The minimum atomic E-state index is -0.610. The van der Waals surface area contributed by atoms with Crippen LogP contribution in [0.2, 0.25) is 0 Å². The van der Waals surface area contributed by atoms with E-state index >= 15 is 0 Å². The molecule has 0 unspecified atom stereocenters. The highest BCUT2D eigenvalue weighted by molar-refractivity contribution is 5.79. The number of hydroxylamine groups is 1. The molecular weight excluding hydrogens is 324 g/mol. The van der Waals surface area contributed by atoms with Gasteiger partial charge in [0.1, 0.15) is 6.61 Å². The lowest BCUT2D eigenvalue weighted by Gasteiger charge is -2.07. The third kappa shape index (κ3) is 3.70. The van der Waals surface area contributed by atoms with Gasteiger partial charge in [0.25, 0.3) is 5.91 Å². The molecule has 25 heavy (non-hydrogen) atoms. The first kappa shape index (κ1) is 16.7. The quantitative estimate of drug-likeness (QED) is 0.381. The number of aliphatic hydroxyl groups is 1. The van der Waals surface area contributed by atoms with Gasteiger partial charge in [0.15, 0.2) is 17.2 Å². The third-order valence-corrected chi connectivity index (χ3v) is 3.64. The summed E-state index contributed by atoms with van der Waals surface area (Å²) in [6.07, 6.45) is 1.75. The van der Waals surface area contributed by atoms with E-state index in [1.807, 2.05) is 30.3 Å². The lowest BCUT2D eigenvalue weighted by molar-refractivity contribution is -0.127. The molecule has 0 aliphatic heterocycles. The Labute approximate surface area is 143 Å². The summed E-state index contributed by atoms with van der Waals surface area (Å²) in [5.41, 5.74) is 3.57. The number of fused-ring (bicyclic) bond motifs is 1. The van der Waals surface area contributed by atoms with Crippen LogP contribution in [0.3, 0.4) is 0 Å². The Hall–Kier alpha value is -3.10. The van der Waals surface area contributed by atoms with Crippen molar-refractivity contribution in [2.75, 3.05) is 11.9 Å². The fourth-order valence-electron chi connectivity index (χ4n) is 2.44. The van der Waals surface area contributed by atoms with Crippen LogP contribution in [-0.2, 0) is 18.0 Å². The molecule has 8 nitrogen and oxygen atoms in total. The summed E-state index contributed by atoms with van der Waals surface area (Å²) in [5.74, 6) is 0.295. The van der Waals surface area contributed by atoms with Crippen LogP contribution in [-0.4, -0.2) is 32.2 Å². The van der Waals surface area contributed by atoms with Crippen LogP contribution in [0.15, 0.2) is 48.7 Å². The number of imidazole rings is 1. The molecule has 0 spiro atoms. The van der Waals surface area contributed by atoms with Crippen LogP contribution < -0.4 is 15.5 Å². The fraction of sp³-hybridized carbons (Fsp3) is 0.176. The molecule has 0 aliphatic carbocycles. The normalized spacial score (nSPS) is 10.6. The number of pyridine rings is 1. The van der Waals surface area contributed by atoms with E-state index < -0.39 is 5.91 Å². The van der Waals surface area contributed by atoms with E-state index in [1.165, 1.54) is 5.48 Å². The summed E-state index contributed by atoms with van der Waals surface area (Å²) in [6.45, 7) is -0.0581. The van der Waals surface area contributed by atoms with Crippen LogP contribution in [0.1, 0.15) is 11.3 Å². The lowest BCUT2D eigenvalue weighted by Crippen LogP contribution is -2.27. The van der Waals surface area contributed by atoms with Crippen molar-refractivity contribution in [2.45, 2.75) is 13.2 Å². The van der Waals surface area contributed by atoms with Crippen LogP contribution in [0.25, 0.3) is 5.65 Å². The van der Waals surface area contributed by atoms with E-state index in [4.69, 9.17) is 9.94 Å². The maximum atomic E-state index is 11.2. The van der Waals surface area contributed by atoms with E-state index in [0.717, 1.165) is 5.56 Å². The number of benzene rings is 1. The highest BCUT2D eigenvalue weighted by Gasteiger charge is 2.15. The largest absolute Gasteiger partial charge is 0.485 e. The lowest BCUT2D eigenvalue weighted by atomic mass is 10.2. The van der Waals surface area contributed by atoms with Crippen molar-refractivity contribution in [3.63, 3.8) is 0 Å². The summed E-state index contributed by atoms with van der Waals surface area (Å²) >= 11 is 0. The molecule has 0 saturated carbocycles. The van der Waals surface area contributed by atoms with Gasteiger partial charge in [-0.2, -0.15) is 0 Å². The first-order chi connectivity index (χ1) is 12.2. The predicted molar refractivity (Wildman–Crippen MR) is 90.3 cm³/mol. The zero-order valence-corrected chi connectivity index (χ0v) is 13.3. The molecular formula is C17H18N4O4. The summed E-state index contributed by atoms with van der Waals surface area (Å²) in [6, 6.07) is 13.3. The smallest absolute Gasteiger partial charge is 0.262 e. The number of hydrogen-bond donors (Lipinski definition) is 4. The number of carbonyl (C=O) groups is 1. The zero-order chi connectivity index (χ0) is 17.6. The van der Waals surface area contributed by atoms with E-state index in [0.29, 0.717) is 29.5 Å². The molecule has 1 amide bonds. The van der Waals surface area contributed by atoms with Crippen LogP contribution >= 0.6 is 0 Å². The van der Waals surface area contributed by atoms with Crippen LogP contribution in [0.4, 0.5) is 5.82 Å². The SMILES string of the molecule is O=C(CNc1nc2c(OCc3ccccc3)cccn2c1CO)NO. The van der Waals surface area contributed by atoms with Crippen molar-refractivity contribution in [1.82, 2.24) is 14.9 Å². The number of nitrogens with one attached hydrogen (secondary N) is 2. The Morgan fingerprint density at radius 3 is 2.72 bits per heavy atom. The first-order valence-electron chi connectivity index (χ1n) is 7.67. The first-order valence-corrected chi connectivity index (χ1v) is 7.67. The van der Waals surface area contributed by atoms with Crippen LogP contribution in [0.5, 0.6) is 5.75 Å². The van der Waals surface area contributed by atoms with Gasteiger partial charge in [0.05, 0.1) is 18.8 Å². The molecule has 0 fully saturated rings. The Kier molecular flexibility index (Phi) is 5.12. The van der Waals surface area contributed by atoms with Gasteiger partial charge < -0.3 is 15.2 Å². The van der Waals surface area contributed by atoms with Crippen molar-refractivity contribution < 1.29 is 19.8 Å². The second-order valence-electron chi connectivity index (χ2n) is 5.29. The second kappa shape index (κ2) is 7.65. The monoisotopic (exact) mass is 342 g/mol. The van der Waals surface area contributed by atoms with Gasteiger partial charge in [-0.3, -0.25) is 14.4 Å². The molecule has 3 rings (SSSR count). The number of nitrogens with zero attached hydrogens (tertiary/aromatic N) is 2. The molecule has 2 heterocycles. The van der Waals surface area contributed by atoms with Crippen molar-refractivity contribution in [3.8, 4) is 5.75 Å². The number of ether oxygens (including phenoxy) is 1. The number of hydrogen-bond acceptors (Lipinski definition) is 6. The highest BCUT2D eigenvalue weighted by Crippen LogP contribution is 2.25. The van der Waals surface area contributed by atoms with Gasteiger partial charge in [-0.05, 0) is 17.7 Å². The average molecular weight is 342 g/mol. The van der Waals surface area contributed by atoms with Crippen molar-refractivity contribution in [2.24, 2.45) is 0 Å². The topological polar surface area (TPSA) is 108 Å². The van der Waals surface area contributed by atoms with Crippen molar-refractivity contribution in [3.05, 3.63) is 59.9 Å². The molecule has 0 bridgehead atoms. The zero-order valence-electron chi connectivity index (χ0n) is 13.3. The molecule has 0 atom stereocenters. The summed E-state index contributed by atoms with van der Waals surface area (Å²) in [7, 11) is 0. The van der Waals surface area contributed by atoms with E-state index in [2.05, 4.69) is 10.3 Å². The van der Waals surface area contributed by atoms with E-state index in [9.17, 15) is 9.90 Å². The van der Waals surface area contributed by atoms with Gasteiger partial charge in [-0.1, -0.05) is 30.3 Å². The molecule has 2 aromatic heterocycles. The Morgan fingerprint density at radius 1 is 1.20 bits per heavy atom. The van der Waals surface area contributed by atoms with Crippen molar-refractivity contribution in [1.29, 1.82) is 0 Å². The molecule has 4 N–H and O–H groups in total. The minimum Gasteiger partial charge on any atom is -0.485 e. The highest BCUT2D eigenvalue weighted by atomic mass is 16.5. The molecule has 0 aliphatic rings. The number of aliphatic hydroxyl groups excluding tert-OH is 1.